The molecule has 0 aliphatic carbocycles. The van der Waals surface area contributed by atoms with Crippen molar-refractivity contribution in [2.24, 2.45) is 0 Å². The van der Waals surface area contributed by atoms with Gasteiger partial charge < -0.3 is 15.2 Å². The maximum atomic E-state index is 13.2. The van der Waals surface area contributed by atoms with Crippen LogP contribution in [0.3, 0.4) is 0 Å². The highest BCUT2D eigenvalue weighted by molar-refractivity contribution is 5.95. The molecule has 4 rings (SSSR count). The Hall–Kier alpha value is -3.39. The minimum Gasteiger partial charge on any atom is -0.490 e. The molecule has 1 saturated heterocycles. The number of aryl methyl sites for hydroxylation is 1. The van der Waals surface area contributed by atoms with E-state index < -0.39 is 5.97 Å². The van der Waals surface area contributed by atoms with Crippen molar-refractivity contribution in [1.29, 1.82) is 0 Å². The summed E-state index contributed by atoms with van der Waals surface area (Å²) in [7, 11) is 0. The molecule has 0 spiro atoms. The van der Waals surface area contributed by atoms with Gasteiger partial charge in [0.15, 0.2) is 11.4 Å². The Kier molecular flexibility index (Phi) is 6.41. The lowest BCUT2D eigenvalue weighted by molar-refractivity contribution is 0.0694. The standard InChI is InChI=1S/C24H28N4O4/c1-3-32-20-11-7-13-28-21(16(2)25-22(20)28)23(29)26-18-9-6-12-27(15-18)14-17-8-4-5-10-19(17)24(30)31/h4-5,7-8,10-11,13,18H,3,6,9,12,14-15H2,1-2H3,(H,26,29)(H,30,31)/t18-/m0/s1. The van der Waals surface area contributed by atoms with Gasteiger partial charge in [0.05, 0.1) is 17.9 Å². The highest BCUT2D eigenvalue weighted by Crippen LogP contribution is 2.23. The van der Waals surface area contributed by atoms with Crippen LogP contribution in [0.5, 0.6) is 5.75 Å². The van der Waals surface area contributed by atoms with Crippen molar-refractivity contribution in [1.82, 2.24) is 19.6 Å². The van der Waals surface area contributed by atoms with Crippen LogP contribution in [0.15, 0.2) is 42.6 Å². The third kappa shape index (κ3) is 4.45. The zero-order chi connectivity index (χ0) is 22.7. The number of likely N-dealkylation sites (tertiary alicyclic amines) is 1. The number of hydrogen-bond acceptors (Lipinski definition) is 5. The zero-order valence-electron chi connectivity index (χ0n) is 18.4. The van der Waals surface area contributed by atoms with Gasteiger partial charge in [0.1, 0.15) is 5.69 Å². The number of nitrogens with zero attached hydrogens (tertiary/aromatic N) is 3. The first-order chi connectivity index (χ1) is 15.5. The molecule has 0 saturated carbocycles. The Bertz CT molecular complexity index is 1140. The molecule has 3 heterocycles. The van der Waals surface area contributed by atoms with E-state index in [9.17, 15) is 14.7 Å². The maximum Gasteiger partial charge on any atom is 0.336 e. The SMILES string of the molecule is CCOc1cccn2c(C(=O)N[C@H]3CCCN(Cc4ccccc4C(=O)O)C3)c(C)nc12. The van der Waals surface area contributed by atoms with Gasteiger partial charge in [-0.05, 0) is 57.0 Å². The van der Waals surface area contributed by atoms with Crippen LogP contribution in [-0.4, -0.2) is 57.0 Å². The minimum absolute atomic E-state index is 0.0201. The van der Waals surface area contributed by atoms with Crippen molar-refractivity contribution in [2.75, 3.05) is 19.7 Å². The summed E-state index contributed by atoms with van der Waals surface area (Å²) in [5.74, 6) is -0.434. The predicted molar refractivity (Wildman–Crippen MR) is 120 cm³/mol. The molecule has 3 aromatic rings. The number of pyridine rings is 1. The number of carboxylic acids is 1. The molecule has 1 amide bonds. The van der Waals surface area contributed by atoms with Crippen molar-refractivity contribution >= 4 is 17.5 Å². The Labute approximate surface area is 186 Å². The zero-order valence-corrected chi connectivity index (χ0v) is 18.4. The number of imidazole rings is 1. The molecule has 0 bridgehead atoms. The predicted octanol–water partition coefficient (Wildman–Crippen LogP) is 3.13. The van der Waals surface area contributed by atoms with Gasteiger partial charge in [-0.3, -0.25) is 14.1 Å². The lowest BCUT2D eigenvalue weighted by Gasteiger charge is -2.33. The average molecular weight is 437 g/mol. The first-order valence-corrected chi connectivity index (χ1v) is 10.9. The van der Waals surface area contributed by atoms with Gasteiger partial charge in [-0.2, -0.15) is 0 Å². The number of benzene rings is 1. The van der Waals surface area contributed by atoms with E-state index in [1.807, 2.05) is 44.3 Å². The molecule has 1 fully saturated rings. The molecular formula is C24H28N4O4. The van der Waals surface area contributed by atoms with Crippen LogP contribution >= 0.6 is 0 Å². The van der Waals surface area contributed by atoms with Crippen molar-refractivity contribution in [3.05, 3.63) is 65.1 Å². The number of carbonyl (C=O) groups excluding carboxylic acids is 1. The first-order valence-electron chi connectivity index (χ1n) is 10.9. The van der Waals surface area contributed by atoms with Crippen LogP contribution < -0.4 is 10.1 Å². The van der Waals surface area contributed by atoms with Crippen molar-refractivity contribution in [3.8, 4) is 5.75 Å². The molecule has 2 N–H and O–H groups in total. The number of carbonyl (C=O) groups is 2. The van der Waals surface area contributed by atoms with Crippen molar-refractivity contribution in [3.63, 3.8) is 0 Å². The quantitative estimate of drug-likeness (QED) is 0.591. The Morgan fingerprint density at radius 1 is 1.25 bits per heavy atom. The van der Waals surface area contributed by atoms with Gasteiger partial charge in [0.25, 0.3) is 5.91 Å². The van der Waals surface area contributed by atoms with Gasteiger partial charge in [0, 0.05) is 25.3 Å². The Morgan fingerprint density at radius 2 is 2.06 bits per heavy atom. The number of nitrogens with one attached hydrogen (secondary N) is 1. The topological polar surface area (TPSA) is 96.2 Å². The highest BCUT2D eigenvalue weighted by Gasteiger charge is 2.25. The highest BCUT2D eigenvalue weighted by atomic mass is 16.5. The summed E-state index contributed by atoms with van der Waals surface area (Å²) in [5.41, 5.74) is 2.90. The van der Waals surface area contributed by atoms with Crippen molar-refractivity contribution in [2.45, 2.75) is 39.3 Å². The van der Waals surface area contributed by atoms with E-state index in [1.54, 1.807) is 16.5 Å². The minimum atomic E-state index is -0.919. The molecule has 168 valence electrons. The van der Waals surface area contributed by atoms with Gasteiger partial charge in [-0.1, -0.05) is 18.2 Å². The van der Waals surface area contributed by atoms with Gasteiger partial charge in [-0.25, -0.2) is 9.78 Å². The summed E-state index contributed by atoms with van der Waals surface area (Å²) in [5, 5.41) is 12.6. The third-order valence-corrected chi connectivity index (χ3v) is 5.79. The van der Waals surface area contributed by atoms with Crippen LogP contribution in [0, 0.1) is 6.92 Å². The van der Waals surface area contributed by atoms with Gasteiger partial charge in [0.2, 0.25) is 0 Å². The van der Waals surface area contributed by atoms with Crippen LogP contribution in [0.25, 0.3) is 5.65 Å². The average Bonchev–Trinajstić information content (AvgIpc) is 3.11. The lowest BCUT2D eigenvalue weighted by atomic mass is 10.0. The number of amides is 1. The van der Waals surface area contributed by atoms with E-state index in [2.05, 4.69) is 15.2 Å². The molecule has 1 aliphatic heterocycles. The van der Waals surface area contributed by atoms with E-state index in [1.165, 1.54) is 0 Å². The fourth-order valence-corrected chi connectivity index (χ4v) is 4.38. The molecule has 0 unspecified atom stereocenters. The monoisotopic (exact) mass is 436 g/mol. The van der Waals surface area contributed by atoms with E-state index in [0.29, 0.717) is 48.0 Å². The summed E-state index contributed by atoms with van der Waals surface area (Å²) < 4.78 is 7.43. The molecule has 8 nitrogen and oxygen atoms in total. The van der Waals surface area contributed by atoms with Crippen LogP contribution in [0.1, 0.15) is 51.9 Å². The first kappa shape index (κ1) is 21.8. The Morgan fingerprint density at radius 3 is 2.84 bits per heavy atom. The number of hydrogen-bond donors (Lipinski definition) is 2. The number of rotatable bonds is 7. The van der Waals surface area contributed by atoms with E-state index >= 15 is 0 Å². The van der Waals surface area contributed by atoms with Crippen LogP contribution in [-0.2, 0) is 6.54 Å². The van der Waals surface area contributed by atoms with E-state index in [4.69, 9.17) is 4.74 Å². The van der Waals surface area contributed by atoms with Crippen LogP contribution in [0.4, 0.5) is 0 Å². The summed E-state index contributed by atoms with van der Waals surface area (Å²) in [6, 6.07) is 10.7. The molecule has 1 aromatic carbocycles. The molecule has 8 heteroatoms. The Balaban J connectivity index is 1.48. The number of piperidine rings is 1. The summed E-state index contributed by atoms with van der Waals surface area (Å²) >= 11 is 0. The second kappa shape index (κ2) is 9.40. The third-order valence-electron chi connectivity index (χ3n) is 5.79. The molecule has 0 radical (unpaired) electrons. The van der Waals surface area contributed by atoms with Crippen molar-refractivity contribution < 1.29 is 19.4 Å². The second-order valence-corrected chi connectivity index (χ2v) is 8.05. The summed E-state index contributed by atoms with van der Waals surface area (Å²) in [6.07, 6.45) is 3.63. The largest absolute Gasteiger partial charge is 0.490 e. The van der Waals surface area contributed by atoms with Gasteiger partial charge >= 0.3 is 5.97 Å². The molecule has 32 heavy (non-hydrogen) atoms. The summed E-state index contributed by atoms with van der Waals surface area (Å²) in [4.78, 5) is 31.4. The number of carboxylic acid groups (broad SMARTS) is 1. The maximum absolute atomic E-state index is 13.2. The molecule has 1 atom stereocenters. The summed E-state index contributed by atoms with van der Waals surface area (Å²) in [6.45, 7) is 6.34. The smallest absolute Gasteiger partial charge is 0.336 e. The lowest BCUT2D eigenvalue weighted by Crippen LogP contribution is -2.47. The fraction of sp³-hybridized carbons (Fsp3) is 0.375. The number of aromatic carboxylic acids is 1. The molecule has 2 aromatic heterocycles. The van der Waals surface area contributed by atoms with E-state index in [-0.39, 0.29) is 11.9 Å². The number of ether oxygens (including phenoxy) is 1. The second-order valence-electron chi connectivity index (χ2n) is 8.05. The number of aromatic nitrogens is 2. The molecular weight excluding hydrogens is 408 g/mol. The molecule has 1 aliphatic rings. The number of fused-ring (bicyclic) bond motifs is 1. The van der Waals surface area contributed by atoms with Gasteiger partial charge in [-0.15, -0.1) is 0 Å². The normalized spacial score (nSPS) is 16.8. The van der Waals surface area contributed by atoms with E-state index in [0.717, 1.165) is 24.9 Å². The van der Waals surface area contributed by atoms with Crippen LogP contribution in [0.2, 0.25) is 0 Å². The fourth-order valence-electron chi connectivity index (χ4n) is 4.38.